The van der Waals surface area contributed by atoms with Gasteiger partial charge in [-0.15, -0.1) is 0 Å². The molecule has 0 aliphatic rings. The van der Waals surface area contributed by atoms with Gasteiger partial charge in [-0.1, -0.05) is 0 Å². The summed E-state index contributed by atoms with van der Waals surface area (Å²) >= 11 is 0. The Balaban J connectivity index is 2.28. The lowest BCUT2D eigenvalue weighted by molar-refractivity contribution is 0.158. The summed E-state index contributed by atoms with van der Waals surface area (Å²) in [6.45, 7) is 6.35. The van der Waals surface area contributed by atoms with Crippen molar-refractivity contribution in [2.75, 3.05) is 25.1 Å². The third-order valence-electron chi connectivity index (χ3n) is 1.67. The van der Waals surface area contributed by atoms with Gasteiger partial charge in [0.1, 0.15) is 5.82 Å². The smallest absolute Gasteiger partial charge is 0.126 e. The van der Waals surface area contributed by atoms with Crippen molar-refractivity contribution in [3.05, 3.63) is 23.9 Å². The number of rotatable bonds is 5. The molecule has 3 heteroatoms. The van der Waals surface area contributed by atoms with E-state index in [0.717, 1.165) is 25.6 Å². The molecular weight excluding hydrogens is 164 g/mol. The summed E-state index contributed by atoms with van der Waals surface area (Å²) in [5.41, 5.74) is 1.22. The van der Waals surface area contributed by atoms with Gasteiger partial charge in [-0.2, -0.15) is 0 Å². The largest absolute Gasteiger partial charge is 0.380 e. The van der Waals surface area contributed by atoms with Gasteiger partial charge in [0.2, 0.25) is 0 Å². The Bertz CT molecular complexity index is 250. The Labute approximate surface area is 79.1 Å². The molecule has 1 aromatic heterocycles. The van der Waals surface area contributed by atoms with Crippen molar-refractivity contribution in [1.82, 2.24) is 4.98 Å². The minimum absolute atomic E-state index is 0.728. The zero-order valence-corrected chi connectivity index (χ0v) is 8.21. The van der Waals surface area contributed by atoms with Crippen molar-refractivity contribution >= 4 is 5.82 Å². The lowest BCUT2D eigenvalue weighted by atomic mass is 10.3. The molecule has 0 aromatic carbocycles. The fraction of sp³-hybridized carbons (Fsp3) is 0.500. The van der Waals surface area contributed by atoms with Crippen molar-refractivity contribution in [2.24, 2.45) is 0 Å². The molecule has 0 amide bonds. The minimum Gasteiger partial charge on any atom is -0.380 e. The van der Waals surface area contributed by atoms with Crippen molar-refractivity contribution in [3.63, 3.8) is 0 Å². The summed E-state index contributed by atoms with van der Waals surface area (Å²) in [6.07, 6.45) is 1.80. The molecule has 0 fully saturated rings. The number of anilines is 1. The Morgan fingerprint density at radius 3 is 3.08 bits per heavy atom. The highest BCUT2D eigenvalue weighted by molar-refractivity contribution is 5.36. The van der Waals surface area contributed by atoms with Crippen LogP contribution in [-0.4, -0.2) is 24.7 Å². The van der Waals surface area contributed by atoms with Crippen molar-refractivity contribution < 1.29 is 4.74 Å². The van der Waals surface area contributed by atoms with Crippen LogP contribution in [0.3, 0.4) is 0 Å². The van der Waals surface area contributed by atoms with Gasteiger partial charge in [-0.05, 0) is 31.5 Å². The van der Waals surface area contributed by atoms with Gasteiger partial charge in [0.15, 0.2) is 0 Å². The highest BCUT2D eigenvalue weighted by atomic mass is 16.5. The number of hydrogen-bond donors (Lipinski definition) is 1. The zero-order valence-electron chi connectivity index (χ0n) is 8.21. The Morgan fingerprint density at radius 1 is 1.54 bits per heavy atom. The van der Waals surface area contributed by atoms with Gasteiger partial charge in [-0.3, -0.25) is 0 Å². The van der Waals surface area contributed by atoms with E-state index in [2.05, 4.69) is 17.2 Å². The molecule has 1 rings (SSSR count). The van der Waals surface area contributed by atoms with Crippen molar-refractivity contribution in [3.8, 4) is 0 Å². The Hall–Kier alpha value is -1.09. The molecule has 0 bridgehead atoms. The number of ether oxygens (including phenoxy) is 1. The quantitative estimate of drug-likeness (QED) is 0.702. The molecule has 0 aliphatic heterocycles. The van der Waals surface area contributed by atoms with E-state index >= 15 is 0 Å². The van der Waals surface area contributed by atoms with Crippen LogP contribution in [0.5, 0.6) is 0 Å². The molecule has 0 radical (unpaired) electrons. The van der Waals surface area contributed by atoms with Gasteiger partial charge in [-0.25, -0.2) is 4.98 Å². The second kappa shape index (κ2) is 5.54. The summed E-state index contributed by atoms with van der Waals surface area (Å²) in [7, 11) is 0. The standard InChI is InChI=1S/C10H16N2O/c1-3-13-7-6-12-10-8-9(2)4-5-11-10/h4-5,8H,3,6-7H2,1-2H3,(H,11,12). The molecule has 3 nitrogen and oxygen atoms in total. The maximum Gasteiger partial charge on any atom is 0.126 e. The second-order valence-corrected chi connectivity index (χ2v) is 2.84. The summed E-state index contributed by atoms with van der Waals surface area (Å²) in [4.78, 5) is 4.17. The van der Waals surface area contributed by atoms with Crippen LogP contribution in [0, 0.1) is 6.92 Å². The third kappa shape index (κ3) is 3.90. The van der Waals surface area contributed by atoms with Gasteiger partial charge in [0.25, 0.3) is 0 Å². The summed E-state index contributed by atoms with van der Waals surface area (Å²) in [5.74, 6) is 0.916. The van der Waals surface area contributed by atoms with E-state index in [-0.39, 0.29) is 0 Å². The summed E-state index contributed by atoms with van der Waals surface area (Å²) in [6, 6.07) is 4.00. The number of aryl methyl sites for hydroxylation is 1. The maximum atomic E-state index is 5.20. The normalized spacial score (nSPS) is 10.0. The first-order valence-corrected chi connectivity index (χ1v) is 4.57. The van der Waals surface area contributed by atoms with Crippen LogP contribution >= 0.6 is 0 Å². The molecule has 0 unspecified atom stereocenters. The van der Waals surface area contributed by atoms with Crippen LogP contribution in [0.25, 0.3) is 0 Å². The minimum atomic E-state index is 0.728. The number of nitrogens with one attached hydrogen (secondary N) is 1. The van der Waals surface area contributed by atoms with E-state index in [1.807, 2.05) is 19.1 Å². The second-order valence-electron chi connectivity index (χ2n) is 2.84. The first-order chi connectivity index (χ1) is 6.33. The first kappa shape index (κ1) is 9.99. The van der Waals surface area contributed by atoms with Crippen LogP contribution in [0.4, 0.5) is 5.82 Å². The highest BCUT2D eigenvalue weighted by Gasteiger charge is 1.92. The lowest BCUT2D eigenvalue weighted by Gasteiger charge is -2.05. The van der Waals surface area contributed by atoms with E-state index in [0.29, 0.717) is 0 Å². The number of aromatic nitrogens is 1. The predicted octanol–water partition coefficient (Wildman–Crippen LogP) is 1.84. The van der Waals surface area contributed by atoms with Crippen molar-refractivity contribution in [2.45, 2.75) is 13.8 Å². The molecule has 13 heavy (non-hydrogen) atoms. The molecule has 0 saturated heterocycles. The number of pyridine rings is 1. The monoisotopic (exact) mass is 180 g/mol. The molecule has 0 atom stereocenters. The number of nitrogens with zero attached hydrogens (tertiary/aromatic N) is 1. The van der Waals surface area contributed by atoms with Crippen LogP contribution in [-0.2, 0) is 4.74 Å². The van der Waals surface area contributed by atoms with E-state index < -0.39 is 0 Å². The van der Waals surface area contributed by atoms with Crippen LogP contribution < -0.4 is 5.32 Å². The SMILES string of the molecule is CCOCCNc1cc(C)ccn1. The van der Waals surface area contributed by atoms with Crippen LogP contribution in [0.1, 0.15) is 12.5 Å². The van der Waals surface area contributed by atoms with Gasteiger partial charge in [0, 0.05) is 19.3 Å². The summed E-state index contributed by atoms with van der Waals surface area (Å²) in [5, 5.41) is 3.18. The zero-order chi connectivity index (χ0) is 9.52. The van der Waals surface area contributed by atoms with E-state index in [1.54, 1.807) is 6.20 Å². The maximum absolute atomic E-state index is 5.20. The van der Waals surface area contributed by atoms with E-state index in [4.69, 9.17) is 4.74 Å². The van der Waals surface area contributed by atoms with Gasteiger partial charge in [0.05, 0.1) is 6.61 Å². The van der Waals surface area contributed by atoms with Crippen LogP contribution in [0.2, 0.25) is 0 Å². The average Bonchev–Trinajstić information content (AvgIpc) is 2.13. The van der Waals surface area contributed by atoms with Crippen molar-refractivity contribution in [1.29, 1.82) is 0 Å². The fourth-order valence-electron chi connectivity index (χ4n) is 1.03. The highest BCUT2D eigenvalue weighted by Crippen LogP contribution is 2.04. The number of hydrogen-bond acceptors (Lipinski definition) is 3. The average molecular weight is 180 g/mol. The topological polar surface area (TPSA) is 34.1 Å². The summed E-state index contributed by atoms with van der Waals surface area (Å²) < 4.78 is 5.20. The molecule has 0 aliphatic carbocycles. The van der Waals surface area contributed by atoms with E-state index in [9.17, 15) is 0 Å². The third-order valence-corrected chi connectivity index (χ3v) is 1.67. The van der Waals surface area contributed by atoms with Crippen LogP contribution in [0.15, 0.2) is 18.3 Å². The fourth-order valence-corrected chi connectivity index (χ4v) is 1.03. The molecule has 1 aromatic rings. The van der Waals surface area contributed by atoms with Gasteiger partial charge < -0.3 is 10.1 Å². The Kier molecular flexibility index (Phi) is 4.26. The molecule has 72 valence electrons. The molecule has 0 spiro atoms. The van der Waals surface area contributed by atoms with Gasteiger partial charge >= 0.3 is 0 Å². The first-order valence-electron chi connectivity index (χ1n) is 4.57. The molecule has 1 heterocycles. The molecular formula is C10H16N2O. The Morgan fingerprint density at radius 2 is 2.38 bits per heavy atom. The molecule has 1 N–H and O–H groups in total. The van der Waals surface area contributed by atoms with E-state index in [1.165, 1.54) is 5.56 Å². The predicted molar refractivity (Wildman–Crippen MR) is 54.0 cm³/mol. The lowest BCUT2D eigenvalue weighted by Crippen LogP contribution is -2.10. The molecule has 0 saturated carbocycles.